The molecule has 5 rings (SSSR count). The van der Waals surface area contributed by atoms with Gasteiger partial charge in [-0.3, -0.25) is 9.97 Å². The quantitative estimate of drug-likeness (QED) is 0.358. The van der Waals surface area contributed by atoms with Gasteiger partial charge in [0.05, 0.1) is 22.5 Å². The molecule has 0 radical (unpaired) electrons. The molecule has 3 aromatic heterocycles. The zero-order chi connectivity index (χ0) is 27.9. The van der Waals surface area contributed by atoms with Crippen molar-refractivity contribution >= 4 is 22.9 Å². The van der Waals surface area contributed by atoms with Crippen molar-refractivity contribution in [3.05, 3.63) is 60.4 Å². The number of fused-ring (bicyclic) bond motifs is 1. The number of hydrogen-bond donors (Lipinski definition) is 0. The van der Waals surface area contributed by atoms with Crippen LogP contribution in [0.4, 0.5) is 23.8 Å². The fraction of sp³-hybridized carbons (Fsp3) is 0.370. The van der Waals surface area contributed by atoms with Gasteiger partial charge in [-0.25, -0.2) is 27.9 Å². The van der Waals surface area contributed by atoms with Crippen LogP contribution in [-0.2, 0) is 4.74 Å². The minimum Gasteiger partial charge on any atom is -0.441 e. The molecule has 0 spiro atoms. The van der Waals surface area contributed by atoms with E-state index < -0.39 is 30.0 Å². The number of nitrogens with zero attached hydrogens (tertiary/aromatic N) is 7. The Kier molecular flexibility index (Phi) is 6.87. The van der Waals surface area contributed by atoms with Gasteiger partial charge >= 0.3 is 6.09 Å². The number of piperazine rings is 1. The molecule has 39 heavy (non-hydrogen) atoms. The highest BCUT2D eigenvalue weighted by Gasteiger charge is 2.33. The number of hydrogen-bond acceptors (Lipinski definition) is 7. The molecule has 1 aliphatic heterocycles. The summed E-state index contributed by atoms with van der Waals surface area (Å²) in [4.78, 5) is 34.2. The number of halogens is 3. The molecule has 12 heteroatoms. The highest BCUT2D eigenvalue weighted by molar-refractivity contribution is 6.02. The smallest absolute Gasteiger partial charge is 0.410 e. The zero-order valence-corrected chi connectivity index (χ0v) is 22.0. The minimum absolute atomic E-state index is 0.191. The first-order valence-electron chi connectivity index (χ1n) is 12.5. The van der Waals surface area contributed by atoms with Gasteiger partial charge in [-0.05, 0) is 39.8 Å². The van der Waals surface area contributed by atoms with E-state index in [2.05, 4.69) is 19.9 Å². The van der Waals surface area contributed by atoms with Crippen molar-refractivity contribution in [3.8, 4) is 16.9 Å². The van der Waals surface area contributed by atoms with Gasteiger partial charge in [0.25, 0.3) is 0 Å². The number of benzene rings is 1. The molecule has 0 bridgehead atoms. The maximum atomic E-state index is 14.2. The Morgan fingerprint density at radius 3 is 2.46 bits per heavy atom. The summed E-state index contributed by atoms with van der Waals surface area (Å²) in [6, 6.07) is 3.07. The first-order valence-corrected chi connectivity index (χ1v) is 12.5. The highest BCUT2D eigenvalue weighted by Crippen LogP contribution is 2.38. The number of carbonyl (C=O) groups excluding carboxylic acids is 1. The van der Waals surface area contributed by atoms with Crippen LogP contribution in [0.2, 0.25) is 0 Å². The number of ether oxygens (including phenoxy) is 1. The predicted octanol–water partition coefficient (Wildman–Crippen LogP) is 4.86. The second-order valence-corrected chi connectivity index (χ2v) is 10.2. The maximum absolute atomic E-state index is 14.2. The molecule has 1 aliphatic rings. The lowest BCUT2D eigenvalue weighted by Crippen LogP contribution is -2.55. The lowest BCUT2D eigenvalue weighted by molar-refractivity contribution is -0.00324. The number of aryl methyl sites for hydroxylation is 1. The first kappa shape index (κ1) is 26.4. The molecular weight excluding hydrogens is 511 g/mol. The number of aromatic nitrogens is 5. The van der Waals surface area contributed by atoms with Crippen LogP contribution in [0.3, 0.4) is 0 Å². The lowest BCUT2D eigenvalue weighted by Gasteiger charge is -2.41. The van der Waals surface area contributed by atoms with Crippen LogP contribution in [-0.4, -0.2) is 73.4 Å². The van der Waals surface area contributed by atoms with E-state index in [1.54, 1.807) is 28.1 Å². The summed E-state index contributed by atoms with van der Waals surface area (Å²) in [6.45, 7) is 7.08. The van der Waals surface area contributed by atoms with Crippen LogP contribution in [0.15, 0.2) is 43.1 Å². The van der Waals surface area contributed by atoms with Gasteiger partial charge in [0.1, 0.15) is 36.1 Å². The van der Waals surface area contributed by atoms with Gasteiger partial charge in [0, 0.05) is 55.9 Å². The van der Waals surface area contributed by atoms with Crippen LogP contribution in [0, 0.1) is 18.6 Å². The second kappa shape index (κ2) is 10.2. The van der Waals surface area contributed by atoms with Crippen LogP contribution >= 0.6 is 0 Å². The highest BCUT2D eigenvalue weighted by atomic mass is 19.1. The van der Waals surface area contributed by atoms with Gasteiger partial charge in [-0.2, -0.15) is 0 Å². The third-order valence-electron chi connectivity index (χ3n) is 6.67. The summed E-state index contributed by atoms with van der Waals surface area (Å²) in [5, 5.41) is 0.632. The number of anilines is 1. The third kappa shape index (κ3) is 5.10. The molecule has 1 fully saturated rings. The molecule has 1 atom stereocenters. The van der Waals surface area contributed by atoms with Crippen molar-refractivity contribution < 1.29 is 22.7 Å². The Labute approximate surface area is 223 Å². The molecule has 1 saturated heterocycles. The van der Waals surface area contributed by atoms with E-state index in [1.165, 1.54) is 32.3 Å². The average Bonchev–Trinajstić information content (AvgIpc) is 3.28. The van der Waals surface area contributed by atoms with Crippen molar-refractivity contribution in [1.82, 2.24) is 29.4 Å². The minimum atomic E-state index is -1.21. The lowest BCUT2D eigenvalue weighted by atomic mass is 10.1. The van der Waals surface area contributed by atoms with Gasteiger partial charge in [-0.15, -0.1) is 0 Å². The Hall–Kier alpha value is -4.22. The van der Waals surface area contributed by atoms with Crippen LogP contribution < -0.4 is 4.90 Å². The summed E-state index contributed by atoms with van der Waals surface area (Å²) in [5.41, 5.74) is 1.37. The molecule has 0 N–H and O–H groups in total. The van der Waals surface area contributed by atoms with Gasteiger partial charge in [0.2, 0.25) is 0 Å². The summed E-state index contributed by atoms with van der Waals surface area (Å²) in [5.74, 6) is -0.850. The van der Waals surface area contributed by atoms with Gasteiger partial charge < -0.3 is 19.1 Å². The van der Waals surface area contributed by atoms with Crippen molar-refractivity contribution in [2.45, 2.75) is 39.3 Å². The average molecular weight is 540 g/mol. The third-order valence-corrected chi connectivity index (χ3v) is 6.67. The van der Waals surface area contributed by atoms with Crippen molar-refractivity contribution in [1.29, 1.82) is 0 Å². The molecule has 0 saturated carbocycles. The van der Waals surface area contributed by atoms with Crippen molar-refractivity contribution in [2.75, 3.05) is 31.2 Å². The summed E-state index contributed by atoms with van der Waals surface area (Å²) in [7, 11) is 0. The van der Waals surface area contributed by atoms with Gasteiger partial charge in [-0.1, -0.05) is 0 Å². The van der Waals surface area contributed by atoms with E-state index >= 15 is 0 Å². The summed E-state index contributed by atoms with van der Waals surface area (Å²) < 4.78 is 48.5. The molecule has 204 valence electrons. The number of rotatable bonds is 5. The fourth-order valence-corrected chi connectivity index (χ4v) is 4.76. The normalized spacial score (nSPS) is 16.1. The molecule has 1 aromatic carbocycles. The zero-order valence-electron chi connectivity index (χ0n) is 22.0. The van der Waals surface area contributed by atoms with Gasteiger partial charge in [0.15, 0.2) is 5.65 Å². The van der Waals surface area contributed by atoms with E-state index in [4.69, 9.17) is 4.74 Å². The topological polar surface area (TPSA) is 89.3 Å². The van der Waals surface area contributed by atoms with E-state index in [9.17, 15) is 18.0 Å². The second-order valence-electron chi connectivity index (χ2n) is 10.2. The van der Waals surface area contributed by atoms with Crippen molar-refractivity contribution in [2.24, 2.45) is 0 Å². The van der Waals surface area contributed by atoms with Crippen LogP contribution in [0.25, 0.3) is 28.0 Å². The molecule has 1 amide bonds. The SMILES string of the molecule is Cc1nccnc1-c1cn(-c2cc(F)cc(F)c2)c2ncnc(N3CCN(C(=O)OC(C)(C)CF)C[C@@H]3C)c12. The summed E-state index contributed by atoms with van der Waals surface area (Å²) >= 11 is 0. The van der Waals surface area contributed by atoms with Crippen molar-refractivity contribution in [3.63, 3.8) is 0 Å². The van der Waals surface area contributed by atoms with E-state index in [0.29, 0.717) is 53.4 Å². The molecule has 4 aromatic rings. The monoisotopic (exact) mass is 539 g/mol. The Morgan fingerprint density at radius 2 is 1.79 bits per heavy atom. The number of alkyl halides is 1. The standard InChI is InChI=1S/C27H28F3N7O2/c1-16-12-35(26(38)39-27(3,4)14-28)7-8-36(16)24-22-21(23-17(2)31-5-6-32-23)13-37(25(22)34-15-33-24)20-10-18(29)9-19(30)11-20/h5-6,9-11,13,15-16H,7-8,12,14H2,1-4H3/t16-/m0/s1. The Balaban J connectivity index is 1.59. The van der Waals surface area contributed by atoms with Crippen LogP contribution in [0.5, 0.6) is 0 Å². The van der Waals surface area contributed by atoms with E-state index in [1.807, 2.05) is 18.7 Å². The van der Waals surface area contributed by atoms with E-state index in [-0.39, 0.29) is 11.7 Å². The van der Waals surface area contributed by atoms with E-state index in [0.717, 1.165) is 6.07 Å². The van der Waals surface area contributed by atoms with Crippen LogP contribution in [0.1, 0.15) is 26.5 Å². The maximum Gasteiger partial charge on any atom is 0.410 e. The molecule has 9 nitrogen and oxygen atoms in total. The molecule has 0 aliphatic carbocycles. The number of amides is 1. The Bertz CT molecular complexity index is 1520. The molecular formula is C27H28F3N7O2. The molecule has 4 heterocycles. The first-order chi connectivity index (χ1) is 18.6. The number of carbonyl (C=O) groups is 1. The largest absolute Gasteiger partial charge is 0.441 e. The predicted molar refractivity (Wildman–Crippen MR) is 139 cm³/mol. The fourth-order valence-electron chi connectivity index (χ4n) is 4.76. The summed E-state index contributed by atoms with van der Waals surface area (Å²) in [6.07, 6.45) is 5.71. The Morgan fingerprint density at radius 1 is 1.08 bits per heavy atom. The molecule has 0 unspecified atom stereocenters.